The van der Waals surface area contributed by atoms with Gasteiger partial charge in [0.1, 0.15) is 11.6 Å². The second kappa shape index (κ2) is 8.71. The van der Waals surface area contributed by atoms with Crippen molar-refractivity contribution in [3.8, 4) is 5.75 Å². The number of sulfonamides is 1. The molecule has 1 aliphatic carbocycles. The predicted octanol–water partition coefficient (Wildman–Crippen LogP) is 4.93. The van der Waals surface area contributed by atoms with E-state index in [0.29, 0.717) is 34.2 Å². The Morgan fingerprint density at radius 2 is 1.83 bits per heavy atom. The van der Waals surface area contributed by atoms with Gasteiger partial charge in [0.2, 0.25) is 5.91 Å². The molecule has 5 rings (SSSR count). The molecule has 36 heavy (non-hydrogen) atoms. The Kier molecular flexibility index (Phi) is 5.79. The Morgan fingerprint density at radius 3 is 2.58 bits per heavy atom. The third-order valence-electron chi connectivity index (χ3n) is 6.80. The number of benzene rings is 3. The van der Waals surface area contributed by atoms with Crippen molar-refractivity contribution < 1.29 is 22.3 Å². The number of ether oxygens (including phenoxy) is 1. The second-order valence-electron chi connectivity index (χ2n) is 9.20. The average Bonchev–Trinajstić information content (AvgIpc) is 3.60. The molecule has 8 heteroatoms. The van der Waals surface area contributed by atoms with Gasteiger partial charge in [-0.05, 0) is 68.3 Å². The van der Waals surface area contributed by atoms with Crippen LogP contribution in [0.5, 0.6) is 5.75 Å². The molecular weight excluding hydrogens is 479 g/mol. The van der Waals surface area contributed by atoms with E-state index >= 15 is 0 Å². The second-order valence-corrected chi connectivity index (χ2v) is 10.8. The van der Waals surface area contributed by atoms with Crippen LogP contribution in [0.3, 0.4) is 0 Å². The molecule has 1 amide bonds. The molecule has 3 aromatic carbocycles. The number of halogens is 1. The zero-order valence-corrected chi connectivity index (χ0v) is 20.9. The van der Waals surface area contributed by atoms with Gasteiger partial charge in [-0.15, -0.1) is 0 Å². The van der Waals surface area contributed by atoms with Gasteiger partial charge in [-0.3, -0.25) is 9.78 Å². The summed E-state index contributed by atoms with van der Waals surface area (Å²) in [4.78, 5) is 18.3. The maximum atomic E-state index is 14.1. The first-order valence-electron chi connectivity index (χ1n) is 11.5. The van der Waals surface area contributed by atoms with Gasteiger partial charge < -0.3 is 4.74 Å². The number of pyridine rings is 1. The Balaban J connectivity index is 1.60. The van der Waals surface area contributed by atoms with Crippen molar-refractivity contribution in [2.45, 2.75) is 36.5 Å². The lowest BCUT2D eigenvalue weighted by molar-refractivity contribution is -0.122. The van der Waals surface area contributed by atoms with E-state index in [1.807, 2.05) is 26.0 Å². The predicted molar refractivity (Wildman–Crippen MR) is 135 cm³/mol. The minimum Gasteiger partial charge on any atom is -0.496 e. The standard InChI is InChI=1S/C28H25FN2O4S/c1-17-10-13-25(35-3)22(14-17)28(16-23(28)19-6-4-7-20(29)15-19)27(32)31-36(33,34)26-9-5-8-24-21(26)12-11-18(2)30-24/h4-15,23H,16H2,1-3H3,(H,31,32)/t23-,28-/m0/s1. The van der Waals surface area contributed by atoms with E-state index in [0.717, 1.165) is 11.3 Å². The van der Waals surface area contributed by atoms with E-state index in [-0.39, 0.29) is 4.90 Å². The van der Waals surface area contributed by atoms with E-state index in [1.54, 1.807) is 42.5 Å². The van der Waals surface area contributed by atoms with E-state index in [2.05, 4.69) is 9.71 Å². The van der Waals surface area contributed by atoms with Gasteiger partial charge in [-0.25, -0.2) is 17.5 Å². The highest BCUT2D eigenvalue weighted by atomic mass is 32.2. The Labute approximate surface area is 209 Å². The molecular formula is C28H25FN2O4S. The van der Waals surface area contributed by atoms with Gasteiger partial charge in [0.05, 0.1) is 22.9 Å². The van der Waals surface area contributed by atoms with Crippen LogP contribution in [0.2, 0.25) is 0 Å². The molecule has 1 saturated carbocycles. The summed E-state index contributed by atoms with van der Waals surface area (Å²) in [5.41, 5.74) is 2.11. The molecule has 4 aromatic rings. The first-order valence-corrected chi connectivity index (χ1v) is 13.0. The summed E-state index contributed by atoms with van der Waals surface area (Å²) in [6.07, 6.45) is 0.313. The number of aromatic nitrogens is 1. The fourth-order valence-electron chi connectivity index (χ4n) is 4.96. The highest BCUT2D eigenvalue weighted by molar-refractivity contribution is 7.90. The van der Waals surface area contributed by atoms with Gasteiger partial charge in [0, 0.05) is 22.6 Å². The van der Waals surface area contributed by atoms with Gasteiger partial charge in [-0.2, -0.15) is 0 Å². The van der Waals surface area contributed by atoms with Crippen molar-refractivity contribution in [1.29, 1.82) is 0 Å². The number of hydrogen-bond acceptors (Lipinski definition) is 5. The van der Waals surface area contributed by atoms with E-state index in [4.69, 9.17) is 4.74 Å². The third kappa shape index (κ3) is 4.01. The van der Waals surface area contributed by atoms with Crippen molar-refractivity contribution in [2.75, 3.05) is 7.11 Å². The number of nitrogens with zero attached hydrogens (tertiary/aromatic N) is 1. The summed E-state index contributed by atoms with van der Waals surface area (Å²) in [7, 11) is -2.75. The molecule has 0 bridgehead atoms. The summed E-state index contributed by atoms with van der Waals surface area (Å²) in [5, 5.41) is 0.420. The molecule has 0 saturated heterocycles. The van der Waals surface area contributed by atoms with Crippen LogP contribution in [0.1, 0.15) is 34.7 Å². The minimum absolute atomic E-state index is 0.0323. The first kappa shape index (κ1) is 23.9. The molecule has 184 valence electrons. The summed E-state index contributed by atoms with van der Waals surface area (Å²) >= 11 is 0. The summed E-state index contributed by atoms with van der Waals surface area (Å²) < 4.78 is 49.0. The zero-order valence-electron chi connectivity index (χ0n) is 20.1. The number of carbonyl (C=O) groups is 1. The average molecular weight is 505 g/mol. The van der Waals surface area contributed by atoms with Crippen molar-refractivity contribution in [1.82, 2.24) is 9.71 Å². The van der Waals surface area contributed by atoms with Gasteiger partial charge in [-0.1, -0.05) is 35.9 Å². The SMILES string of the molecule is COc1ccc(C)cc1[C@@]1(C(=O)NS(=O)(=O)c2cccc3nc(C)ccc23)C[C@H]1c1cccc(F)c1. The van der Waals surface area contributed by atoms with Crippen LogP contribution in [0, 0.1) is 19.7 Å². The quantitative estimate of drug-likeness (QED) is 0.403. The van der Waals surface area contributed by atoms with Crippen LogP contribution < -0.4 is 9.46 Å². The van der Waals surface area contributed by atoms with Crippen LogP contribution in [0.15, 0.2) is 77.7 Å². The summed E-state index contributed by atoms with van der Waals surface area (Å²) in [5.74, 6) is -1.05. The van der Waals surface area contributed by atoms with Crippen molar-refractivity contribution in [3.63, 3.8) is 0 Å². The monoisotopic (exact) mass is 504 g/mol. The van der Waals surface area contributed by atoms with Crippen LogP contribution in [-0.2, 0) is 20.2 Å². The summed E-state index contributed by atoms with van der Waals surface area (Å²) in [6.45, 7) is 3.71. The fourth-order valence-corrected chi connectivity index (χ4v) is 6.22. The Hall–Kier alpha value is -3.78. The summed E-state index contributed by atoms with van der Waals surface area (Å²) in [6, 6.07) is 19.7. The van der Waals surface area contributed by atoms with Crippen LogP contribution in [0.4, 0.5) is 4.39 Å². The third-order valence-corrected chi connectivity index (χ3v) is 8.19. The topological polar surface area (TPSA) is 85.4 Å². The van der Waals surface area contributed by atoms with E-state index in [1.165, 1.54) is 25.3 Å². The number of aryl methyl sites for hydroxylation is 2. The number of methoxy groups -OCH3 is 1. The molecule has 6 nitrogen and oxygen atoms in total. The largest absolute Gasteiger partial charge is 0.496 e. The molecule has 1 heterocycles. The number of hydrogen-bond donors (Lipinski definition) is 1. The molecule has 1 aliphatic rings. The Bertz CT molecular complexity index is 1620. The maximum Gasteiger partial charge on any atom is 0.264 e. The molecule has 1 aromatic heterocycles. The number of rotatable bonds is 6. The smallest absolute Gasteiger partial charge is 0.264 e. The van der Waals surface area contributed by atoms with Crippen molar-refractivity contribution in [2.24, 2.45) is 0 Å². The molecule has 1 fully saturated rings. The number of amides is 1. The number of nitrogens with one attached hydrogen (secondary N) is 1. The Morgan fingerprint density at radius 1 is 1.06 bits per heavy atom. The van der Waals surface area contributed by atoms with Gasteiger partial charge in [0.15, 0.2) is 0 Å². The lowest BCUT2D eigenvalue weighted by Gasteiger charge is -2.21. The number of carbonyl (C=O) groups excluding carboxylic acids is 1. The van der Waals surface area contributed by atoms with Crippen LogP contribution in [0.25, 0.3) is 10.9 Å². The molecule has 0 spiro atoms. The highest BCUT2D eigenvalue weighted by Crippen LogP contribution is 2.62. The van der Waals surface area contributed by atoms with Crippen molar-refractivity contribution in [3.05, 3.63) is 101 Å². The van der Waals surface area contributed by atoms with Crippen LogP contribution >= 0.6 is 0 Å². The lowest BCUT2D eigenvalue weighted by atomic mass is 9.88. The number of fused-ring (bicyclic) bond motifs is 1. The van der Waals surface area contributed by atoms with Crippen molar-refractivity contribution >= 4 is 26.8 Å². The maximum absolute atomic E-state index is 14.1. The molecule has 0 radical (unpaired) electrons. The normalized spacial score (nSPS) is 19.2. The fraction of sp³-hybridized carbons (Fsp3) is 0.214. The molecule has 0 aliphatic heterocycles. The molecule has 1 N–H and O–H groups in total. The first-order chi connectivity index (χ1) is 17.2. The van der Waals surface area contributed by atoms with E-state index in [9.17, 15) is 17.6 Å². The van der Waals surface area contributed by atoms with Crippen LogP contribution in [-0.4, -0.2) is 26.4 Å². The van der Waals surface area contributed by atoms with Gasteiger partial charge >= 0.3 is 0 Å². The lowest BCUT2D eigenvalue weighted by Crippen LogP contribution is -2.40. The van der Waals surface area contributed by atoms with E-state index < -0.39 is 33.1 Å². The zero-order chi connectivity index (χ0) is 25.7. The molecule has 0 unspecified atom stereocenters. The van der Waals surface area contributed by atoms with Gasteiger partial charge in [0.25, 0.3) is 10.0 Å². The highest BCUT2D eigenvalue weighted by Gasteiger charge is 2.63. The minimum atomic E-state index is -4.25. The molecule has 2 atom stereocenters.